The van der Waals surface area contributed by atoms with Crippen LogP contribution < -0.4 is 9.64 Å². The van der Waals surface area contributed by atoms with Crippen LogP contribution in [0.4, 0.5) is 5.82 Å². The summed E-state index contributed by atoms with van der Waals surface area (Å²) < 4.78 is 13.1. The van der Waals surface area contributed by atoms with Crippen LogP contribution in [0.3, 0.4) is 0 Å². The predicted octanol–water partition coefficient (Wildman–Crippen LogP) is 1.90. The number of pyridine rings is 2. The quantitative estimate of drug-likeness (QED) is 0.421. The molecule has 2 fully saturated rings. The summed E-state index contributed by atoms with van der Waals surface area (Å²) >= 11 is 0. The molecule has 0 bridgehead atoms. The number of hydrogen-bond donors (Lipinski definition) is 0. The summed E-state index contributed by atoms with van der Waals surface area (Å²) in [7, 11) is 1.72. The number of anilines is 1. The Labute approximate surface area is 222 Å². The van der Waals surface area contributed by atoms with Gasteiger partial charge in [0.15, 0.2) is 0 Å². The summed E-state index contributed by atoms with van der Waals surface area (Å²) in [6.07, 6.45) is 10.4. The molecule has 0 N–H and O–H groups in total. The first-order valence-corrected chi connectivity index (χ1v) is 12.7. The molecule has 0 aromatic carbocycles. The Morgan fingerprint density at radius 2 is 2.00 bits per heavy atom. The monoisotopic (exact) mass is 513 g/mol. The fraction of sp³-hybridized carbons (Fsp3) is 0.429. The zero-order valence-corrected chi connectivity index (χ0v) is 21.8. The minimum Gasteiger partial charge on any atom is -0.491 e. The molecule has 2 aliphatic rings. The molecule has 5 heterocycles. The van der Waals surface area contributed by atoms with Crippen molar-refractivity contribution >= 4 is 17.2 Å². The molecule has 196 valence electrons. The SMILES string of the molecule is C#CC(=O)N1CCN(c2ccc(-c3cc(OCC4(C)CN(CCOC)C4)cn4ncc(C#N)c34)cn2)CC1. The van der Waals surface area contributed by atoms with Crippen molar-refractivity contribution in [2.24, 2.45) is 5.41 Å². The lowest BCUT2D eigenvalue weighted by Gasteiger charge is -2.47. The topological polar surface area (TPSA) is 99.2 Å². The molecular formula is C28H31N7O3. The first kappa shape index (κ1) is 25.5. The standard InChI is InChI=1S/C28H31N7O3/c1-4-26(36)34-9-7-33(8-10-34)25-6-5-21(15-30-25)24-13-23(17-35-27(24)22(14-29)16-31-35)38-20-28(2)18-32(19-28)11-12-37-3/h1,5-6,13,15-17H,7-12,18-20H2,2-3H3. The van der Waals surface area contributed by atoms with Gasteiger partial charge in [-0.25, -0.2) is 9.50 Å². The molecule has 0 aliphatic carbocycles. The molecule has 10 heteroatoms. The molecule has 0 radical (unpaired) electrons. The van der Waals surface area contributed by atoms with Crippen molar-refractivity contribution in [2.45, 2.75) is 6.92 Å². The third kappa shape index (κ3) is 5.14. The number of rotatable bonds is 8. The Morgan fingerprint density at radius 3 is 2.66 bits per heavy atom. The van der Waals surface area contributed by atoms with Crippen molar-refractivity contribution in [3.05, 3.63) is 42.4 Å². The van der Waals surface area contributed by atoms with Crippen LogP contribution in [0.25, 0.3) is 16.6 Å². The first-order valence-electron chi connectivity index (χ1n) is 12.7. The molecule has 3 aromatic heterocycles. The lowest BCUT2D eigenvalue weighted by atomic mass is 9.83. The number of carbonyl (C=O) groups is 1. The smallest absolute Gasteiger partial charge is 0.298 e. The van der Waals surface area contributed by atoms with Crippen LogP contribution in [-0.4, -0.2) is 96.4 Å². The average Bonchev–Trinajstić information content (AvgIpc) is 3.36. The predicted molar refractivity (Wildman–Crippen MR) is 143 cm³/mol. The molecule has 0 spiro atoms. The number of terminal acetylenes is 1. The van der Waals surface area contributed by atoms with Crippen LogP contribution in [0.5, 0.6) is 5.75 Å². The summed E-state index contributed by atoms with van der Waals surface area (Å²) in [6.45, 7) is 8.84. The van der Waals surface area contributed by atoms with E-state index in [1.165, 1.54) is 0 Å². The van der Waals surface area contributed by atoms with E-state index in [4.69, 9.17) is 20.9 Å². The molecular weight excluding hydrogens is 482 g/mol. The molecule has 2 saturated heterocycles. The number of aromatic nitrogens is 3. The van der Waals surface area contributed by atoms with Crippen molar-refractivity contribution in [1.29, 1.82) is 5.26 Å². The Balaban J connectivity index is 1.33. The summed E-state index contributed by atoms with van der Waals surface area (Å²) in [5, 5.41) is 14.1. The van der Waals surface area contributed by atoms with Gasteiger partial charge in [0.1, 0.15) is 17.6 Å². The number of nitrogens with zero attached hydrogens (tertiary/aromatic N) is 7. The van der Waals surface area contributed by atoms with Crippen molar-refractivity contribution in [3.63, 3.8) is 0 Å². The van der Waals surface area contributed by atoms with Crippen LogP contribution >= 0.6 is 0 Å². The summed E-state index contributed by atoms with van der Waals surface area (Å²) in [4.78, 5) is 22.6. The largest absolute Gasteiger partial charge is 0.491 e. The minimum absolute atomic E-state index is 0.0723. The van der Waals surface area contributed by atoms with Crippen molar-refractivity contribution in [1.82, 2.24) is 24.4 Å². The van der Waals surface area contributed by atoms with E-state index in [2.05, 4.69) is 33.8 Å². The van der Waals surface area contributed by atoms with Gasteiger partial charge in [0.25, 0.3) is 5.91 Å². The van der Waals surface area contributed by atoms with Gasteiger partial charge < -0.3 is 19.3 Å². The van der Waals surface area contributed by atoms with Crippen molar-refractivity contribution in [3.8, 4) is 35.3 Å². The lowest BCUT2D eigenvalue weighted by molar-refractivity contribution is -0.125. The Morgan fingerprint density at radius 1 is 1.21 bits per heavy atom. The molecule has 3 aromatic rings. The molecule has 2 aliphatic heterocycles. The Hall–Kier alpha value is -4.12. The maximum absolute atomic E-state index is 11.8. The second-order valence-electron chi connectivity index (χ2n) is 10.2. The van der Waals surface area contributed by atoms with Gasteiger partial charge in [-0.3, -0.25) is 9.69 Å². The summed E-state index contributed by atoms with van der Waals surface area (Å²) in [5.41, 5.74) is 2.98. The molecule has 10 nitrogen and oxygen atoms in total. The van der Waals surface area contributed by atoms with Gasteiger partial charge in [-0.2, -0.15) is 10.4 Å². The maximum atomic E-state index is 11.8. The van der Waals surface area contributed by atoms with Crippen molar-refractivity contribution in [2.75, 3.05) is 71.0 Å². The van der Waals surface area contributed by atoms with Crippen LogP contribution in [0, 0.1) is 29.1 Å². The van der Waals surface area contributed by atoms with Crippen LogP contribution in [0.15, 0.2) is 36.8 Å². The lowest BCUT2D eigenvalue weighted by Crippen LogP contribution is -2.58. The summed E-state index contributed by atoms with van der Waals surface area (Å²) in [5.74, 6) is 3.42. The number of amides is 1. The number of fused-ring (bicyclic) bond motifs is 1. The molecule has 0 atom stereocenters. The number of likely N-dealkylation sites (tertiary alicyclic amines) is 1. The number of hydrogen-bond acceptors (Lipinski definition) is 8. The van der Waals surface area contributed by atoms with Gasteiger partial charge in [0.2, 0.25) is 0 Å². The van der Waals surface area contributed by atoms with E-state index >= 15 is 0 Å². The third-order valence-electron chi connectivity index (χ3n) is 7.19. The second-order valence-corrected chi connectivity index (χ2v) is 10.2. The third-order valence-corrected chi connectivity index (χ3v) is 7.19. The fourth-order valence-electron chi connectivity index (χ4n) is 5.20. The van der Waals surface area contributed by atoms with Gasteiger partial charge in [0, 0.05) is 75.7 Å². The highest BCUT2D eigenvalue weighted by Crippen LogP contribution is 2.34. The van der Waals surface area contributed by atoms with Crippen LogP contribution in [-0.2, 0) is 9.53 Å². The molecule has 1 amide bonds. The highest BCUT2D eigenvalue weighted by molar-refractivity contribution is 5.93. The Kier molecular flexibility index (Phi) is 7.19. The van der Waals surface area contributed by atoms with E-state index in [1.807, 2.05) is 30.6 Å². The summed E-state index contributed by atoms with van der Waals surface area (Å²) in [6, 6.07) is 8.16. The van der Waals surface area contributed by atoms with E-state index in [9.17, 15) is 10.1 Å². The van der Waals surface area contributed by atoms with Crippen LogP contribution in [0.1, 0.15) is 12.5 Å². The molecule has 0 unspecified atom stereocenters. The van der Waals surface area contributed by atoms with E-state index < -0.39 is 0 Å². The molecule has 0 saturated carbocycles. The number of carbonyl (C=O) groups excluding carboxylic acids is 1. The van der Waals surface area contributed by atoms with Gasteiger partial charge >= 0.3 is 0 Å². The number of methoxy groups -OCH3 is 1. The zero-order chi connectivity index (χ0) is 26.7. The highest BCUT2D eigenvalue weighted by Gasteiger charge is 2.39. The van der Waals surface area contributed by atoms with Gasteiger partial charge in [0.05, 0.1) is 36.7 Å². The van der Waals surface area contributed by atoms with Gasteiger partial charge in [-0.05, 0) is 24.1 Å². The number of piperazine rings is 1. The molecule has 38 heavy (non-hydrogen) atoms. The maximum Gasteiger partial charge on any atom is 0.298 e. The minimum atomic E-state index is -0.275. The Bertz CT molecular complexity index is 1390. The van der Waals surface area contributed by atoms with E-state index in [1.54, 1.807) is 22.7 Å². The normalized spacial score (nSPS) is 17.1. The van der Waals surface area contributed by atoms with Gasteiger partial charge in [-0.15, -0.1) is 6.42 Å². The van der Waals surface area contributed by atoms with Crippen LogP contribution in [0.2, 0.25) is 0 Å². The zero-order valence-electron chi connectivity index (χ0n) is 21.8. The number of nitriles is 1. The fourth-order valence-corrected chi connectivity index (χ4v) is 5.20. The first-order chi connectivity index (χ1) is 18.4. The second kappa shape index (κ2) is 10.7. The van der Waals surface area contributed by atoms with Crippen molar-refractivity contribution < 1.29 is 14.3 Å². The average molecular weight is 514 g/mol. The molecule has 5 rings (SSSR count). The van der Waals surface area contributed by atoms with E-state index in [-0.39, 0.29) is 11.3 Å². The number of ether oxygens (including phenoxy) is 2. The van der Waals surface area contributed by atoms with E-state index in [0.29, 0.717) is 44.1 Å². The van der Waals surface area contributed by atoms with Gasteiger partial charge in [-0.1, -0.05) is 6.92 Å². The van der Waals surface area contributed by atoms with E-state index in [0.717, 1.165) is 48.7 Å². The highest BCUT2D eigenvalue weighted by atomic mass is 16.5.